The lowest BCUT2D eigenvalue weighted by atomic mass is 10.1. The van der Waals surface area contributed by atoms with Gasteiger partial charge in [-0.15, -0.1) is 3.89 Å². The normalized spacial score (nSPS) is 19.8. The highest BCUT2D eigenvalue weighted by molar-refractivity contribution is 7.86. The molecule has 9 heteroatoms. The molecule has 0 aromatic rings. The molecule has 0 aromatic carbocycles. The van der Waals surface area contributed by atoms with Gasteiger partial charge in [0.05, 0.1) is 5.75 Å². The SMILES string of the molecule is NCCNCCNCCN1CC(CS(=O)(=O)F)CC1=O. The smallest absolute Gasteiger partial charge is 0.302 e. The van der Waals surface area contributed by atoms with Crippen LogP contribution >= 0.6 is 0 Å². The van der Waals surface area contributed by atoms with Crippen LogP contribution in [0.15, 0.2) is 0 Å². The van der Waals surface area contributed by atoms with Crippen molar-refractivity contribution in [2.45, 2.75) is 6.42 Å². The Morgan fingerprint density at radius 1 is 1.25 bits per heavy atom. The highest BCUT2D eigenvalue weighted by Gasteiger charge is 2.32. The molecule has 1 saturated heterocycles. The van der Waals surface area contributed by atoms with E-state index in [0.29, 0.717) is 26.2 Å². The summed E-state index contributed by atoms with van der Waals surface area (Å²) in [4.78, 5) is 13.2. The van der Waals surface area contributed by atoms with E-state index in [2.05, 4.69) is 10.6 Å². The number of carbonyl (C=O) groups is 1. The molecule has 1 amide bonds. The average molecular weight is 310 g/mol. The van der Waals surface area contributed by atoms with Crippen molar-refractivity contribution in [1.82, 2.24) is 15.5 Å². The minimum Gasteiger partial charge on any atom is -0.341 e. The van der Waals surface area contributed by atoms with Gasteiger partial charge in [-0.05, 0) is 0 Å². The molecule has 0 spiro atoms. The van der Waals surface area contributed by atoms with E-state index in [1.165, 1.54) is 0 Å². The van der Waals surface area contributed by atoms with Crippen LogP contribution in [0.1, 0.15) is 6.42 Å². The zero-order valence-corrected chi connectivity index (χ0v) is 12.3. The van der Waals surface area contributed by atoms with Gasteiger partial charge in [0.2, 0.25) is 5.91 Å². The number of likely N-dealkylation sites (tertiary alicyclic amines) is 1. The van der Waals surface area contributed by atoms with Crippen molar-refractivity contribution < 1.29 is 17.1 Å². The van der Waals surface area contributed by atoms with Gasteiger partial charge in [0, 0.05) is 58.2 Å². The Morgan fingerprint density at radius 2 is 1.90 bits per heavy atom. The van der Waals surface area contributed by atoms with Crippen molar-refractivity contribution in [2.24, 2.45) is 11.7 Å². The van der Waals surface area contributed by atoms with E-state index < -0.39 is 21.9 Å². The second-order valence-corrected chi connectivity index (χ2v) is 6.32. The lowest BCUT2D eigenvalue weighted by Crippen LogP contribution is -2.36. The molecule has 0 saturated carbocycles. The van der Waals surface area contributed by atoms with Gasteiger partial charge in [0.25, 0.3) is 0 Å². The molecule has 20 heavy (non-hydrogen) atoms. The van der Waals surface area contributed by atoms with Crippen molar-refractivity contribution in [3.05, 3.63) is 0 Å². The highest BCUT2D eigenvalue weighted by Crippen LogP contribution is 2.19. The maximum Gasteiger partial charge on any atom is 0.302 e. The number of nitrogens with zero attached hydrogens (tertiary/aromatic N) is 1. The predicted molar refractivity (Wildman–Crippen MR) is 74.4 cm³/mol. The van der Waals surface area contributed by atoms with Gasteiger partial charge < -0.3 is 21.3 Å². The van der Waals surface area contributed by atoms with Gasteiger partial charge in [0.15, 0.2) is 0 Å². The summed E-state index contributed by atoms with van der Waals surface area (Å²) in [7, 11) is -4.51. The third-order valence-corrected chi connectivity index (χ3v) is 3.96. The van der Waals surface area contributed by atoms with Crippen molar-refractivity contribution in [1.29, 1.82) is 0 Å². The van der Waals surface area contributed by atoms with Crippen molar-refractivity contribution >= 4 is 16.1 Å². The van der Waals surface area contributed by atoms with Gasteiger partial charge in [-0.1, -0.05) is 0 Å². The van der Waals surface area contributed by atoms with Crippen LogP contribution in [0.25, 0.3) is 0 Å². The molecule has 1 atom stereocenters. The van der Waals surface area contributed by atoms with Crippen LogP contribution < -0.4 is 16.4 Å². The molecule has 1 unspecified atom stereocenters. The van der Waals surface area contributed by atoms with E-state index in [9.17, 15) is 17.1 Å². The minimum absolute atomic E-state index is 0.110. The summed E-state index contributed by atoms with van der Waals surface area (Å²) in [5.41, 5.74) is 5.33. The van der Waals surface area contributed by atoms with E-state index in [0.717, 1.165) is 19.6 Å². The van der Waals surface area contributed by atoms with E-state index in [4.69, 9.17) is 5.73 Å². The molecule has 7 nitrogen and oxygen atoms in total. The predicted octanol–water partition coefficient (Wildman–Crippen LogP) is -1.73. The second kappa shape index (κ2) is 8.50. The summed E-state index contributed by atoms with van der Waals surface area (Å²) in [6, 6.07) is 0. The second-order valence-electron chi connectivity index (χ2n) is 4.90. The number of nitrogens with one attached hydrogen (secondary N) is 2. The summed E-state index contributed by atoms with van der Waals surface area (Å²) < 4.78 is 33.7. The number of amides is 1. The van der Waals surface area contributed by atoms with Crippen molar-refractivity contribution in [3.63, 3.8) is 0 Å². The standard InChI is InChI=1S/C11H23FN4O3S/c12-20(18,19)9-10-7-11(17)16(8-10)6-5-15-4-3-14-2-1-13/h10,14-15H,1-9,13H2. The quantitative estimate of drug-likeness (QED) is 0.327. The zero-order valence-electron chi connectivity index (χ0n) is 11.5. The molecular formula is C11H23FN4O3S. The van der Waals surface area contributed by atoms with Crippen molar-refractivity contribution in [2.75, 3.05) is 51.6 Å². The molecule has 1 aliphatic heterocycles. The first-order chi connectivity index (χ1) is 9.42. The van der Waals surface area contributed by atoms with Gasteiger partial charge >= 0.3 is 10.2 Å². The molecule has 0 aliphatic carbocycles. The number of halogens is 1. The number of hydrogen-bond donors (Lipinski definition) is 3. The van der Waals surface area contributed by atoms with Crippen LogP contribution in [0.3, 0.4) is 0 Å². The Hall–Kier alpha value is -0.770. The lowest BCUT2D eigenvalue weighted by molar-refractivity contribution is -0.127. The first-order valence-corrected chi connectivity index (χ1v) is 8.29. The molecule has 1 fully saturated rings. The summed E-state index contributed by atoms with van der Waals surface area (Å²) in [6.07, 6.45) is 0.112. The fraction of sp³-hybridized carbons (Fsp3) is 0.909. The molecule has 4 N–H and O–H groups in total. The summed E-state index contributed by atoms with van der Waals surface area (Å²) in [6.45, 7) is 4.39. The molecule has 118 valence electrons. The third-order valence-electron chi connectivity index (χ3n) is 3.09. The fourth-order valence-electron chi connectivity index (χ4n) is 2.21. The van der Waals surface area contributed by atoms with Crippen molar-refractivity contribution in [3.8, 4) is 0 Å². The van der Waals surface area contributed by atoms with E-state index >= 15 is 0 Å². The fourth-order valence-corrected chi connectivity index (χ4v) is 2.99. The van der Waals surface area contributed by atoms with Crippen LogP contribution in [-0.2, 0) is 15.0 Å². The van der Waals surface area contributed by atoms with Crippen LogP contribution in [0, 0.1) is 5.92 Å². The van der Waals surface area contributed by atoms with Gasteiger partial charge in [-0.3, -0.25) is 4.79 Å². The Labute approximate surface area is 119 Å². The first-order valence-electron chi connectivity index (χ1n) is 6.74. The van der Waals surface area contributed by atoms with Crippen LogP contribution in [0.2, 0.25) is 0 Å². The molecule has 1 aliphatic rings. The first kappa shape index (κ1) is 17.3. The molecule has 1 rings (SSSR count). The molecule has 1 heterocycles. The van der Waals surface area contributed by atoms with Gasteiger partial charge in [-0.2, -0.15) is 8.42 Å². The monoisotopic (exact) mass is 310 g/mol. The minimum atomic E-state index is -4.51. The van der Waals surface area contributed by atoms with Crippen LogP contribution in [-0.4, -0.2) is 70.8 Å². The summed E-state index contributed by atoms with van der Waals surface area (Å²) in [5, 5.41) is 6.29. The maximum atomic E-state index is 12.6. The molecular weight excluding hydrogens is 287 g/mol. The third kappa shape index (κ3) is 7.13. The Morgan fingerprint density at radius 3 is 2.50 bits per heavy atom. The Bertz CT molecular complexity index is 404. The summed E-state index contributed by atoms with van der Waals surface area (Å²) >= 11 is 0. The number of carbonyl (C=O) groups excluding carboxylic acids is 1. The van der Waals surface area contributed by atoms with E-state index in [1.54, 1.807) is 4.90 Å². The Kier molecular flexibility index (Phi) is 7.35. The van der Waals surface area contributed by atoms with Crippen LogP contribution in [0.5, 0.6) is 0 Å². The zero-order chi connectivity index (χ0) is 15.0. The largest absolute Gasteiger partial charge is 0.341 e. The van der Waals surface area contributed by atoms with Crippen LogP contribution in [0.4, 0.5) is 3.89 Å². The topological polar surface area (TPSA) is 105 Å². The van der Waals surface area contributed by atoms with Gasteiger partial charge in [0.1, 0.15) is 0 Å². The van der Waals surface area contributed by atoms with Gasteiger partial charge in [-0.25, -0.2) is 0 Å². The highest BCUT2D eigenvalue weighted by atomic mass is 32.3. The maximum absolute atomic E-state index is 12.6. The molecule has 0 bridgehead atoms. The Balaban J connectivity index is 2.14. The van der Waals surface area contributed by atoms with E-state index in [-0.39, 0.29) is 12.3 Å². The summed E-state index contributed by atoms with van der Waals surface area (Å²) in [5.74, 6) is -1.10. The number of rotatable bonds is 10. The molecule has 0 aromatic heterocycles. The van der Waals surface area contributed by atoms with E-state index in [1.807, 2.05) is 0 Å². The lowest BCUT2D eigenvalue weighted by Gasteiger charge is -2.16. The molecule has 0 radical (unpaired) electrons. The number of hydrogen-bond acceptors (Lipinski definition) is 6. The average Bonchev–Trinajstić information content (AvgIpc) is 2.66. The number of nitrogens with two attached hydrogens (primary N) is 1.